The maximum Gasteiger partial charge on any atom is 0.271 e. The highest BCUT2D eigenvalue weighted by Gasteiger charge is 2.35. The molecular weight excluding hydrogens is 184 g/mol. The van der Waals surface area contributed by atoms with E-state index < -0.39 is 11.5 Å². The Labute approximate surface area is 84.1 Å². The molecule has 0 aliphatic carbocycles. The number of nitrogens with zero attached hydrogens (tertiary/aromatic N) is 1. The molecule has 5 heteroatoms. The van der Waals surface area contributed by atoms with Gasteiger partial charge in [-0.05, 0) is 0 Å². The first kappa shape index (κ1) is 13.1. The van der Waals surface area contributed by atoms with E-state index in [-0.39, 0.29) is 12.8 Å². The quantitative estimate of drug-likeness (QED) is 0.453. The van der Waals surface area contributed by atoms with Gasteiger partial charge >= 0.3 is 0 Å². The van der Waals surface area contributed by atoms with Crippen molar-refractivity contribution in [2.24, 2.45) is 0 Å². The van der Waals surface area contributed by atoms with Crippen LogP contribution in [0.4, 0.5) is 0 Å². The zero-order valence-electron chi connectivity index (χ0n) is 8.91. The molecule has 0 heterocycles. The minimum absolute atomic E-state index is 0.136. The molecule has 81 valence electrons. The minimum atomic E-state index is -1.80. The van der Waals surface area contributed by atoms with Gasteiger partial charge in [-0.2, -0.15) is 0 Å². The SMILES string of the molecule is C[N+](C)(C)CCC(O)(CC=O)C([NH])=O. The third-order valence-corrected chi connectivity index (χ3v) is 2.04. The van der Waals surface area contributed by atoms with E-state index in [9.17, 15) is 14.7 Å². The van der Waals surface area contributed by atoms with Gasteiger partial charge in [-0.3, -0.25) is 10.5 Å². The molecule has 0 saturated heterocycles. The van der Waals surface area contributed by atoms with Crippen molar-refractivity contribution in [1.82, 2.24) is 5.73 Å². The second-order valence-electron chi connectivity index (χ2n) is 4.50. The number of nitrogens with one attached hydrogen (secondary N) is 1. The number of quaternary nitrogens is 1. The molecule has 0 aromatic carbocycles. The average Bonchev–Trinajstić information content (AvgIpc) is 2.00. The highest BCUT2D eigenvalue weighted by molar-refractivity contribution is 5.85. The molecule has 1 amide bonds. The number of rotatable bonds is 6. The van der Waals surface area contributed by atoms with Crippen LogP contribution in [0.15, 0.2) is 0 Å². The highest BCUT2D eigenvalue weighted by atomic mass is 16.3. The zero-order chi connectivity index (χ0) is 11.4. The van der Waals surface area contributed by atoms with Gasteiger partial charge in [0.2, 0.25) is 0 Å². The molecule has 0 aromatic rings. The van der Waals surface area contributed by atoms with Crippen molar-refractivity contribution < 1.29 is 19.2 Å². The molecule has 1 atom stereocenters. The molecule has 2 N–H and O–H groups in total. The first-order chi connectivity index (χ1) is 6.21. The second-order valence-corrected chi connectivity index (χ2v) is 4.50. The summed E-state index contributed by atoms with van der Waals surface area (Å²) in [7, 11) is 5.74. The molecule has 0 aliphatic heterocycles. The van der Waals surface area contributed by atoms with Gasteiger partial charge in [-0.25, -0.2) is 0 Å². The van der Waals surface area contributed by atoms with Crippen LogP contribution in [0, 0.1) is 0 Å². The second kappa shape index (κ2) is 4.52. The molecular formula is C9H18N2O3+. The molecule has 0 bridgehead atoms. The molecule has 1 unspecified atom stereocenters. The summed E-state index contributed by atoms with van der Waals surface area (Å²) in [4.78, 5) is 21.1. The minimum Gasteiger partial charge on any atom is -0.379 e. The first-order valence-corrected chi connectivity index (χ1v) is 4.44. The molecule has 0 aromatic heterocycles. The van der Waals surface area contributed by atoms with Gasteiger partial charge in [0, 0.05) is 12.8 Å². The zero-order valence-corrected chi connectivity index (χ0v) is 8.91. The highest BCUT2D eigenvalue weighted by Crippen LogP contribution is 2.15. The number of hydrogen-bond acceptors (Lipinski definition) is 3. The fraction of sp³-hybridized carbons (Fsp3) is 0.778. The third-order valence-electron chi connectivity index (χ3n) is 2.04. The van der Waals surface area contributed by atoms with Crippen molar-refractivity contribution in [3.63, 3.8) is 0 Å². The molecule has 0 rings (SSSR count). The predicted octanol–water partition coefficient (Wildman–Crippen LogP) is -0.788. The van der Waals surface area contributed by atoms with Crippen LogP contribution in [0.1, 0.15) is 12.8 Å². The predicted molar refractivity (Wildman–Crippen MR) is 51.3 cm³/mol. The smallest absolute Gasteiger partial charge is 0.271 e. The number of carbonyl (C=O) groups is 2. The molecule has 5 nitrogen and oxygen atoms in total. The van der Waals surface area contributed by atoms with Crippen LogP contribution < -0.4 is 5.73 Å². The van der Waals surface area contributed by atoms with Crippen LogP contribution in [-0.2, 0) is 9.59 Å². The Morgan fingerprint density at radius 2 is 2.00 bits per heavy atom. The summed E-state index contributed by atoms with van der Waals surface area (Å²) in [6, 6.07) is 0. The van der Waals surface area contributed by atoms with Gasteiger partial charge in [0.25, 0.3) is 5.91 Å². The fourth-order valence-electron chi connectivity index (χ4n) is 0.967. The van der Waals surface area contributed by atoms with Crippen molar-refractivity contribution in [2.75, 3.05) is 27.7 Å². The van der Waals surface area contributed by atoms with Gasteiger partial charge in [0.1, 0.15) is 6.29 Å². The molecule has 0 fully saturated rings. The van der Waals surface area contributed by atoms with Gasteiger partial charge in [0.15, 0.2) is 5.60 Å². The van der Waals surface area contributed by atoms with E-state index in [4.69, 9.17) is 5.73 Å². The van der Waals surface area contributed by atoms with Crippen LogP contribution in [-0.4, -0.2) is 55.1 Å². The maximum absolute atomic E-state index is 10.8. The molecule has 0 saturated carbocycles. The van der Waals surface area contributed by atoms with Crippen molar-refractivity contribution in [2.45, 2.75) is 18.4 Å². The standard InChI is InChI=1S/C9H18N2O3/c1-11(2,3)6-4-9(14,5-7-12)8(10)13/h7,10,14H,4-6H2,1-3H3/q+1. The largest absolute Gasteiger partial charge is 0.379 e. The van der Waals surface area contributed by atoms with Crippen LogP contribution in [0.25, 0.3) is 0 Å². The fourth-order valence-corrected chi connectivity index (χ4v) is 0.967. The summed E-state index contributed by atoms with van der Waals surface area (Å²) in [5, 5.41) is 9.67. The number of hydrogen-bond donors (Lipinski definition) is 1. The molecule has 0 spiro atoms. The van der Waals surface area contributed by atoms with Crippen molar-refractivity contribution in [3.8, 4) is 0 Å². The van der Waals surface area contributed by atoms with Gasteiger partial charge in [0.05, 0.1) is 27.7 Å². The van der Waals surface area contributed by atoms with Crippen LogP contribution in [0.5, 0.6) is 0 Å². The molecule has 0 aliphatic rings. The Balaban J connectivity index is 4.38. The lowest BCUT2D eigenvalue weighted by Crippen LogP contribution is -2.46. The Bertz CT molecular complexity index is 223. The van der Waals surface area contributed by atoms with Crippen LogP contribution in [0.3, 0.4) is 0 Å². The Hall–Kier alpha value is -0.940. The van der Waals surface area contributed by atoms with E-state index in [1.807, 2.05) is 21.1 Å². The lowest BCUT2D eigenvalue weighted by Gasteiger charge is -2.28. The lowest BCUT2D eigenvalue weighted by molar-refractivity contribution is -0.871. The number of aliphatic hydroxyl groups is 1. The summed E-state index contributed by atoms with van der Waals surface area (Å²) in [5.41, 5.74) is 5.09. The molecule has 1 radical (unpaired) electrons. The Morgan fingerprint density at radius 1 is 1.50 bits per heavy atom. The Kier molecular flexibility index (Phi) is 4.22. The van der Waals surface area contributed by atoms with Crippen molar-refractivity contribution >= 4 is 12.2 Å². The monoisotopic (exact) mass is 202 g/mol. The first-order valence-electron chi connectivity index (χ1n) is 4.44. The Morgan fingerprint density at radius 3 is 2.29 bits per heavy atom. The number of aldehydes is 1. The van der Waals surface area contributed by atoms with E-state index in [2.05, 4.69) is 0 Å². The van der Waals surface area contributed by atoms with Crippen LogP contribution >= 0.6 is 0 Å². The van der Waals surface area contributed by atoms with E-state index in [0.717, 1.165) is 0 Å². The average molecular weight is 202 g/mol. The van der Waals surface area contributed by atoms with Crippen LogP contribution in [0.2, 0.25) is 0 Å². The van der Waals surface area contributed by atoms with E-state index in [1.165, 1.54) is 0 Å². The van der Waals surface area contributed by atoms with Gasteiger partial charge < -0.3 is 14.4 Å². The van der Waals surface area contributed by atoms with E-state index in [0.29, 0.717) is 17.3 Å². The molecule has 14 heavy (non-hydrogen) atoms. The third kappa shape index (κ3) is 4.34. The maximum atomic E-state index is 10.8. The summed E-state index contributed by atoms with van der Waals surface area (Å²) in [6.07, 6.45) is 0.314. The van der Waals surface area contributed by atoms with Gasteiger partial charge in [-0.1, -0.05) is 0 Å². The lowest BCUT2D eigenvalue weighted by atomic mass is 9.95. The topological polar surface area (TPSA) is 78.2 Å². The summed E-state index contributed by atoms with van der Waals surface area (Å²) in [6.45, 7) is 0.537. The van der Waals surface area contributed by atoms with Crippen molar-refractivity contribution in [3.05, 3.63) is 0 Å². The van der Waals surface area contributed by atoms with E-state index in [1.54, 1.807) is 0 Å². The normalized spacial score (nSPS) is 16.0. The number of amides is 1. The summed E-state index contributed by atoms with van der Waals surface area (Å²) < 4.78 is 0.578. The van der Waals surface area contributed by atoms with E-state index >= 15 is 0 Å². The number of carbonyl (C=O) groups excluding carboxylic acids is 2. The summed E-state index contributed by atoms with van der Waals surface area (Å²) >= 11 is 0. The summed E-state index contributed by atoms with van der Waals surface area (Å²) in [5.74, 6) is -1.09. The van der Waals surface area contributed by atoms with Crippen molar-refractivity contribution in [1.29, 1.82) is 0 Å². The van der Waals surface area contributed by atoms with Gasteiger partial charge in [-0.15, -0.1) is 0 Å².